The summed E-state index contributed by atoms with van der Waals surface area (Å²) in [6.45, 7) is 7.78. The van der Waals surface area contributed by atoms with Crippen LogP contribution in [0.15, 0.2) is 33.9 Å². The number of methoxy groups -OCH3 is 1. The van der Waals surface area contributed by atoms with Crippen LogP contribution < -0.4 is 10.5 Å². The molecule has 124 valence electrons. The first-order valence-corrected chi connectivity index (χ1v) is 7.29. The second-order valence-electron chi connectivity index (χ2n) is 6.13. The highest BCUT2D eigenvalue weighted by Crippen LogP contribution is 2.23. The molecule has 1 aromatic heterocycles. The smallest absolute Gasteiger partial charge is 0.270 e. The van der Waals surface area contributed by atoms with Crippen LogP contribution in [0.5, 0.6) is 5.75 Å². The van der Waals surface area contributed by atoms with Gasteiger partial charge in [-0.3, -0.25) is 0 Å². The van der Waals surface area contributed by atoms with Gasteiger partial charge >= 0.3 is 0 Å². The van der Waals surface area contributed by atoms with Crippen molar-refractivity contribution in [3.8, 4) is 5.75 Å². The van der Waals surface area contributed by atoms with Crippen molar-refractivity contribution in [1.29, 1.82) is 0 Å². The number of para-hydroxylation sites is 1. The summed E-state index contributed by atoms with van der Waals surface area (Å²) >= 11 is 0. The Labute approximate surface area is 135 Å². The molecule has 0 aliphatic carbocycles. The summed E-state index contributed by atoms with van der Waals surface area (Å²) in [7, 11) is 1.57. The lowest BCUT2D eigenvalue weighted by molar-refractivity contribution is 0.0479. The number of aromatic nitrogens is 2. The highest BCUT2D eigenvalue weighted by atomic mass is 16.6. The predicted octanol–water partition coefficient (Wildman–Crippen LogP) is 2.77. The molecule has 0 radical (unpaired) electrons. The zero-order valence-corrected chi connectivity index (χ0v) is 14.0. The first kappa shape index (κ1) is 16.8. The van der Waals surface area contributed by atoms with Crippen molar-refractivity contribution in [2.24, 2.45) is 10.9 Å². The monoisotopic (exact) mass is 318 g/mol. The molecule has 0 aliphatic heterocycles. The molecule has 0 unspecified atom stereocenters. The molecule has 7 heteroatoms. The average Bonchev–Trinajstić information content (AvgIpc) is 3.02. The van der Waals surface area contributed by atoms with Crippen molar-refractivity contribution in [1.82, 2.24) is 10.1 Å². The van der Waals surface area contributed by atoms with E-state index in [2.05, 4.69) is 15.3 Å². The van der Waals surface area contributed by atoms with Gasteiger partial charge in [-0.15, -0.1) is 0 Å². The van der Waals surface area contributed by atoms with Crippen LogP contribution in [0.1, 0.15) is 51.1 Å². The predicted molar refractivity (Wildman–Crippen MR) is 86.2 cm³/mol. The number of hydrogen-bond donors (Lipinski definition) is 1. The maximum atomic E-state index is 5.95. The molecule has 2 N–H and O–H groups in total. The minimum absolute atomic E-state index is 0.193. The quantitative estimate of drug-likeness (QED) is 0.517. The fraction of sp³-hybridized carbons (Fsp3) is 0.438. The summed E-state index contributed by atoms with van der Waals surface area (Å²) < 4.78 is 10.5. The van der Waals surface area contributed by atoms with E-state index in [9.17, 15) is 0 Å². The molecular weight excluding hydrogens is 296 g/mol. The molecular formula is C16H22N4O3. The highest BCUT2D eigenvalue weighted by molar-refractivity contribution is 5.99. The molecule has 7 nitrogen and oxygen atoms in total. The highest BCUT2D eigenvalue weighted by Gasteiger charge is 2.24. The molecule has 23 heavy (non-hydrogen) atoms. The van der Waals surface area contributed by atoms with E-state index in [0.29, 0.717) is 23.0 Å². The number of nitrogens with two attached hydrogens (primary N) is 1. The third-order valence-electron chi connectivity index (χ3n) is 3.15. The minimum Gasteiger partial charge on any atom is -0.496 e. The summed E-state index contributed by atoms with van der Waals surface area (Å²) in [5.41, 5.74) is 6.41. The zero-order chi connectivity index (χ0) is 17.0. The van der Waals surface area contributed by atoms with Crippen LogP contribution in [0.4, 0.5) is 0 Å². The number of hydrogen-bond acceptors (Lipinski definition) is 6. The number of oxime groups is 1. The SMILES string of the molecule is COc1ccccc1/C(N)=N\O[C@H](C)c1nc(C(C)(C)C)no1. The van der Waals surface area contributed by atoms with E-state index in [-0.39, 0.29) is 11.3 Å². The van der Waals surface area contributed by atoms with Gasteiger partial charge in [-0.1, -0.05) is 43.2 Å². The Bertz CT molecular complexity index is 689. The van der Waals surface area contributed by atoms with E-state index in [1.165, 1.54) is 0 Å². The number of ether oxygens (including phenoxy) is 1. The molecule has 0 aliphatic rings. The van der Waals surface area contributed by atoms with Gasteiger partial charge in [0.05, 0.1) is 12.7 Å². The standard InChI is InChI=1S/C16H22N4O3/c1-10(14-18-15(20-23-14)16(2,3)4)22-19-13(17)11-8-6-7-9-12(11)21-5/h6-10H,1-5H3,(H2,17,19)/t10-/m1/s1. The number of rotatable bonds is 5. The fourth-order valence-electron chi connectivity index (χ4n) is 1.79. The van der Waals surface area contributed by atoms with Crippen LogP contribution in [0.25, 0.3) is 0 Å². The molecule has 1 heterocycles. The Morgan fingerprint density at radius 3 is 2.61 bits per heavy atom. The van der Waals surface area contributed by atoms with Gasteiger partial charge in [0.2, 0.25) is 6.10 Å². The van der Waals surface area contributed by atoms with E-state index in [4.69, 9.17) is 19.8 Å². The third-order valence-corrected chi connectivity index (χ3v) is 3.15. The summed E-state index contributed by atoms with van der Waals surface area (Å²) in [6.07, 6.45) is -0.508. The van der Waals surface area contributed by atoms with Gasteiger partial charge in [0.25, 0.3) is 5.89 Å². The van der Waals surface area contributed by atoms with Crippen LogP contribution in [-0.4, -0.2) is 23.1 Å². The Balaban J connectivity index is 2.11. The molecule has 2 aromatic rings. The molecule has 0 saturated carbocycles. The van der Waals surface area contributed by atoms with Crippen molar-refractivity contribution < 1.29 is 14.1 Å². The van der Waals surface area contributed by atoms with Gasteiger partial charge in [-0.05, 0) is 19.1 Å². The van der Waals surface area contributed by atoms with Crippen molar-refractivity contribution in [2.45, 2.75) is 39.2 Å². The van der Waals surface area contributed by atoms with E-state index < -0.39 is 6.10 Å². The van der Waals surface area contributed by atoms with Crippen LogP contribution in [0.2, 0.25) is 0 Å². The van der Waals surface area contributed by atoms with Gasteiger partial charge in [-0.2, -0.15) is 4.98 Å². The second-order valence-corrected chi connectivity index (χ2v) is 6.13. The summed E-state index contributed by atoms with van der Waals surface area (Å²) in [5, 5.41) is 7.89. The van der Waals surface area contributed by atoms with Crippen LogP contribution in [-0.2, 0) is 10.3 Å². The molecule has 0 bridgehead atoms. The molecule has 0 fully saturated rings. The minimum atomic E-state index is -0.508. The lowest BCUT2D eigenvalue weighted by Gasteiger charge is -2.11. The normalized spacial score (nSPS) is 13.7. The average molecular weight is 318 g/mol. The topological polar surface area (TPSA) is 95.8 Å². The molecule has 1 aromatic carbocycles. The molecule has 0 saturated heterocycles. The van der Waals surface area contributed by atoms with Gasteiger partial charge in [0, 0.05) is 5.41 Å². The Hall–Kier alpha value is -2.57. The summed E-state index contributed by atoms with van der Waals surface area (Å²) in [6, 6.07) is 7.30. The summed E-state index contributed by atoms with van der Waals surface area (Å²) in [4.78, 5) is 9.71. The van der Waals surface area contributed by atoms with Crippen molar-refractivity contribution >= 4 is 5.84 Å². The van der Waals surface area contributed by atoms with Gasteiger partial charge in [0.15, 0.2) is 11.7 Å². The van der Waals surface area contributed by atoms with Crippen LogP contribution in [0, 0.1) is 0 Å². The fourth-order valence-corrected chi connectivity index (χ4v) is 1.79. The van der Waals surface area contributed by atoms with E-state index >= 15 is 0 Å². The van der Waals surface area contributed by atoms with Crippen molar-refractivity contribution in [2.75, 3.05) is 7.11 Å². The molecule has 0 amide bonds. The van der Waals surface area contributed by atoms with E-state index in [1.54, 1.807) is 26.2 Å². The molecule has 1 atom stereocenters. The van der Waals surface area contributed by atoms with Crippen molar-refractivity contribution in [3.05, 3.63) is 41.5 Å². The maximum Gasteiger partial charge on any atom is 0.270 e. The number of nitrogens with zero attached hydrogens (tertiary/aromatic N) is 3. The lowest BCUT2D eigenvalue weighted by Crippen LogP contribution is -2.16. The Morgan fingerprint density at radius 2 is 2.00 bits per heavy atom. The Morgan fingerprint density at radius 1 is 1.30 bits per heavy atom. The third kappa shape index (κ3) is 4.00. The van der Waals surface area contributed by atoms with Crippen molar-refractivity contribution in [3.63, 3.8) is 0 Å². The van der Waals surface area contributed by atoms with Crippen LogP contribution >= 0.6 is 0 Å². The maximum absolute atomic E-state index is 5.95. The largest absolute Gasteiger partial charge is 0.496 e. The van der Waals surface area contributed by atoms with Crippen LogP contribution in [0.3, 0.4) is 0 Å². The first-order valence-electron chi connectivity index (χ1n) is 7.29. The lowest BCUT2D eigenvalue weighted by atomic mass is 9.96. The van der Waals surface area contributed by atoms with E-state index in [1.807, 2.05) is 32.9 Å². The second kappa shape index (κ2) is 6.68. The van der Waals surface area contributed by atoms with E-state index in [0.717, 1.165) is 0 Å². The molecule has 0 spiro atoms. The van der Waals surface area contributed by atoms with Gasteiger partial charge in [0.1, 0.15) is 5.75 Å². The molecule has 2 rings (SSSR count). The zero-order valence-electron chi connectivity index (χ0n) is 14.0. The first-order chi connectivity index (χ1) is 10.8. The Kier molecular flexibility index (Phi) is 4.88. The number of benzene rings is 1. The van der Waals surface area contributed by atoms with Gasteiger partial charge < -0.3 is 19.8 Å². The number of amidine groups is 1. The van der Waals surface area contributed by atoms with Gasteiger partial charge in [-0.25, -0.2) is 0 Å². The summed E-state index contributed by atoms with van der Waals surface area (Å²) in [5.74, 6) is 1.80.